The lowest BCUT2D eigenvalue weighted by molar-refractivity contribution is -0.00677. The number of hydrogen-bond acceptors (Lipinski definition) is 17. The van der Waals surface area contributed by atoms with Gasteiger partial charge in [0.05, 0.1) is 46.1 Å². The van der Waals surface area contributed by atoms with Crippen molar-refractivity contribution in [2.24, 2.45) is 0 Å². The molecule has 3 aliphatic heterocycles. The van der Waals surface area contributed by atoms with Crippen LogP contribution in [0.3, 0.4) is 0 Å². The second kappa shape index (κ2) is 23.0. The molecule has 1 saturated carbocycles. The summed E-state index contributed by atoms with van der Waals surface area (Å²) in [4.78, 5) is 32.1. The van der Waals surface area contributed by atoms with Crippen LogP contribution < -0.4 is 30.7 Å². The van der Waals surface area contributed by atoms with Crippen molar-refractivity contribution in [3.63, 3.8) is 0 Å². The van der Waals surface area contributed by atoms with E-state index in [1.165, 1.54) is 6.07 Å². The van der Waals surface area contributed by atoms with Gasteiger partial charge >= 0.3 is 0 Å². The molecule has 0 aromatic carbocycles. The molecule has 13 rings (SSSR count). The Labute approximate surface area is 468 Å². The fourth-order valence-electron chi connectivity index (χ4n) is 10.9. The second-order valence-corrected chi connectivity index (χ2v) is 21.1. The Morgan fingerprint density at radius 3 is 1.79 bits per heavy atom. The first-order chi connectivity index (χ1) is 39.1. The lowest BCUT2D eigenvalue weighted by Gasteiger charge is -2.42. The summed E-state index contributed by atoms with van der Waals surface area (Å²) in [6.07, 6.45) is 7.61. The SMILES string of the molecule is CC(F)(F)CC1CN(c2ccc(F)c(-c3[nH]nc4ncccc34)n2)CCN1.CCC(O)(CC)C1CN(c2cccc(-c3[nH]nc4ncccc34)n2)CCN1.OC1([C@@H]2CN(c3nc(-c4[nH]nc5ncccc45)c(F)cc3F)CCN2)CC1.[HH].[HH].[HH].[HH]. The lowest BCUT2D eigenvalue weighted by atomic mass is 9.87. The number of alkyl halides is 2. The summed E-state index contributed by atoms with van der Waals surface area (Å²) >= 11 is 0. The average Bonchev–Trinajstić information content (AvgIpc) is 3.31. The standard InChI is InChI=1S/C20H26N6O.C18H19F3N6.C18H18F2N6O.4H2/c1-3-20(27,4-2)16-13-26(12-11-21-16)17-9-5-8-15(23-17)18-14-7-6-10-22-19(14)25-24-18;1-18(20,21)9-11-10-27(8-7-22-11)14-5-4-13(19)16(24-14)15-12-3-2-6-23-17(12)26-25-15;19-11-8-12(20)17(26-7-6-21-13(9-26)18(27)3-4-18)23-15(11)14-10-2-1-5-22-16(10)25-24-14;;;;/h5-10,16,21,27H,3-4,11-13H2,1-2H3,(H,22,24,25);2-6,11,22H,7-10H2,1H3,(H,23,25,26);1-2,5,8,13,21,27H,3-4,6-7,9H2,(H,22,24,25);4*1H/t;;13-;;;;/m..0..../s1. The molecule has 0 radical (unpaired) electrons. The number of halogens is 5. The third-order valence-electron chi connectivity index (χ3n) is 15.6. The summed E-state index contributed by atoms with van der Waals surface area (Å²) < 4.78 is 70.2. The maximum atomic E-state index is 14.5. The van der Waals surface area contributed by atoms with Gasteiger partial charge in [-0.15, -0.1) is 0 Å². The van der Waals surface area contributed by atoms with E-state index in [1.54, 1.807) is 53.8 Å². The Hall–Kier alpha value is -7.84. The Kier molecular flexibility index (Phi) is 15.6. The van der Waals surface area contributed by atoms with Crippen LogP contribution in [0.2, 0.25) is 0 Å². The number of fused-ring (bicyclic) bond motifs is 3. The minimum Gasteiger partial charge on any atom is -0.388 e. The molecule has 4 aliphatic rings. The van der Waals surface area contributed by atoms with Crippen LogP contribution in [-0.2, 0) is 0 Å². The fourth-order valence-corrected chi connectivity index (χ4v) is 10.9. The summed E-state index contributed by atoms with van der Waals surface area (Å²) in [7, 11) is 0. The zero-order chi connectivity index (χ0) is 56.5. The van der Waals surface area contributed by atoms with Crippen molar-refractivity contribution in [2.45, 2.75) is 88.1 Å². The average molecular weight is 1120 g/mol. The highest BCUT2D eigenvalue weighted by molar-refractivity contribution is 5.91. The zero-order valence-corrected chi connectivity index (χ0v) is 44.9. The minimum absolute atomic E-state index is 0. The van der Waals surface area contributed by atoms with Gasteiger partial charge in [0.2, 0.25) is 5.92 Å². The molecule has 20 nitrogen and oxygen atoms in total. The highest BCUT2D eigenvalue weighted by Gasteiger charge is 2.49. The number of aromatic amines is 3. The molecule has 3 saturated heterocycles. The Morgan fingerprint density at radius 1 is 0.617 bits per heavy atom. The van der Waals surface area contributed by atoms with Crippen molar-refractivity contribution < 1.29 is 37.9 Å². The quantitative estimate of drug-likeness (QED) is 0.0541. The molecule has 3 atom stereocenters. The zero-order valence-electron chi connectivity index (χ0n) is 44.9. The molecule has 0 spiro atoms. The van der Waals surface area contributed by atoms with Gasteiger partial charge in [-0.05, 0) is 93.3 Å². The number of anilines is 3. The molecule has 432 valence electrons. The minimum atomic E-state index is -2.75. The van der Waals surface area contributed by atoms with Gasteiger partial charge in [0.1, 0.15) is 23.0 Å². The van der Waals surface area contributed by atoms with Gasteiger partial charge in [-0.1, -0.05) is 19.9 Å². The highest BCUT2D eigenvalue weighted by Crippen LogP contribution is 2.40. The summed E-state index contributed by atoms with van der Waals surface area (Å²) in [5.74, 6) is -3.18. The molecule has 1 aliphatic carbocycles. The van der Waals surface area contributed by atoms with E-state index < -0.39 is 34.6 Å². The number of aromatic nitrogens is 12. The van der Waals surface area contributed by atoms with E-state index in [1.807, 2.05) is 49.1 Å². The van der Waals surface area contributed by atoms with Crippen molar-refractivity contribution in [1.29, 1.82) is 0 Å². The molecular formula is C56H71F5N18O2. The van der Waals surface area contributed by atoms with Crippen molar-refractivity contribution in [3.05, 3.63) is 109 Å². The molecule has 2 unspecified atom stereocenters. The first-order valence-corrected chi connectivity index (χ1v) is 27.3. The van der Waals surface area contributed by atoms with Crippen molar-refractivity contribution in [2.75, 3.05) is 73.6 Å². The van der Waals surface area contributed by atoms with E-state index in [-0.39, 0.29) is 47.5 Å². The molecule has 8 N–H and O–H groups in total. The molecule has 12 heterocycles. The van der Waals surface area contributed by atoms with Gasteiger partial charge in [0.15, 0.2) is 40.2 Å². The van der Waals surface area contributed by atoms with Crippen molar-refractivity contribution in [3.8, 4) is 34.2 Å². The van der Waals surface area contributed by atoms with Crippen LogP contribution in [0.1, 0.15) is 58.6 Å². The lowest BCUT2D eigenvalue weighted by Crippen LogP contribution is -2.61. The summed E-state index contributed by atoms with van der Waals surface area (Å²) in [5, 5.41) is 54.4. The number of hydrogen-bond donors (Lipinski definition) is 8. The normalized spacial score (nSPS) is 19.3. The van der Waals surface area contributed by atoms with Gasteiger partial charge in [0.25, 0.3) is 0 Å². The van der Waals surface area contributed by atoms with Gasteiger partial charge in [0, 0.05) is 118 Å². The molecular weight excluding hydrogens is 1050 g/mol. The first kappa shape index (κ1) is 55.1. The van der Waals surface area contributed by atoms with Gasteiger partial charge < -0.3 is 40.9 Å². The monoisotopic (exact) mass is 1120 g/mol. The highest BCUT2D eigenvalue weighted by atomic mass is 19.3. The van der Waals surface area contributed by atoms with Gasteiger partial charge in [-0.3, -0.25) is 15.3 Å². The molecule has 9 aromatic rings. The predicted molar refractivity (Wildman–Crippen MR) is 307 cm³/mol. The topological polar surface area (TPSA) is 250 Å². The van der Waals surface area contributed by atoms with E-state index >= 15 is 0 Å². The van der Waals surface area contributed by atoms with E-state index in [0.29, 0.717) is 84.2 Å². The van der Waals surface area contributed by atoms with Crippen LogP contribution in [0.4, 0.5) is 39.4 Å². The summed E-state index contributed by atoms with van der Waals surface area (Å²) in [5.41, 5.74) is 2.87. The van der Waals surface area contributed by atoms with Crippen LogP contribution in [0.5, 0.6) is 0 Å². The molecule has 0 bridgehead atoms. The van der Waals surface area contributed by atoms with E-state index in [9.17, 15) is 32.2 Å². The van der Waals surface area contributed by atoms with Crippen LogP contribution in [0.25, 0.3) is 67.3 Å². The number of piperazine rings is 3. The second-order valence-electron chi connectivity index (χ2n) is 21.1. The van der Waals surface area contributed by atoms with Crippen molar-refractivity contribution in [1.82, 2.24) is 76.4 Å². The number of pyridine rings is 6. The molecule has 25 heteroatoms. The number of nitrogens with one attached hydrogen (secondary N) is 6. The van der Waals surface area contributed by atoms with Crippen LogP contribution >= 0.6 is 0 Å². The number of nitrogens with zero attached hydrogens (tertiary/aromatic N) is 12. The first-order valence-electron chi connectivity index (χ1n) is 27.3. The third-order valence-corrected chi connectivity index (χ3v) is 15.6. The van der Waals surface area contributed by atoms with Gasteiger partial charge in [-0.2, -0.15) is 15.3 Å². The van der Waals surface area contributed by atoms with Crippen LogP contribution in [0, 0.1) is 17.5 Å². The van der Waals surface area contributed by atoms with Gasteiger partial charge in [-0.25, -0.2) is 51.9 Å². The van der Waals surface area contributed by atoms with Crippen molar-refractivity contribution >= 4 is 50.6 Å². The molecule has 4 fully saturated rings. The third kappa shape index (κ3) is 11.8. The predicted octanol–water partition coefficient (Wildman–Crippen LogP) is 7.92. The van der Waals surface area contributed by atoms with Crippen LogP contribution in [-0.4, -0.2) is 165 Å². The fraction of sp³-hybridized carbons (Fsp3) is 0.411. The van der Waals surface area contributed by atoms with E-state index in [0.717, 1.165) is 80.9 Å². The van der Waals surface area contributed by atoms with E-state index in [2.05, 4.69) is 76.4 Å². The Bertz CT molecular complexity index is 3660. The van der Waals surface area contributed by atoms with Crippen LogP contribution in [0.15, 0.2) is 91.4 Å². The molecule has 0 amide bonds. The number of rotatable bonds is 12. The smallest absolute Gasteiger partial charge is 0.247 e. The Morgan fingerprint density at radius 2 is 1.17 bits per heavy atom. The largest absolute Gasteiger partial charge is 0.388 e. The van der Waals surface area contributed by atoms with E-state index in [4.69, 9.17) is 4.98 Å². The summed E-state index contributed by atoms with van der Waals surface area (Å²) in [6.45, 7) is 10.5. The number of aliphatic hydroxyl groups is 2. The molecule has 9 aromatic heterocycles. The maximum absolute atomic E-state index is 14.5. The Balaban J connectivity index is 0.000000178. The maximum Gasteiger partial charge on any atom is 0.247 e. The summed E-state index contributed by atoms with van der Waals surface area (Å²) in [6, 6.07) is 20.2. The number of H-pyrrole nitrogens is 3. The molecule has 81 heavy (non-hydrogen) atoms.